The second kappa shape index (κ2) is 10.00. The van der Waals surface area contributed by atoms with Crippen molar-refractivity contribution in [3.05, 3.63) is 72.3 Å². The SMILES string of the molecule is [C-]#[N+]c1ccc(-c2nc(OC[C@@H]3CCNC3)c3nccn3c2-c2ccc(N3CCCCC3)cc2)cc1. The molecule has 0 saturated carbocycles. The van der Waals surface area contributed by atoms with Crippen LogP contribution in [0, 0.1) is 12.5 Å². The number of rotatable bonds is 6. The molecule has 2 aliphatic heterocycles. The Kier molecular flexibility index (Phi) is 6.27. The third kappa shape index (κ3) is 4.40. The number of piperidine rings is 1. The van der Waals surface area contributed by atoms with Crippen molar-refractivity contribution in [1.82, 2.24) is 19.7 Å². The van der Waals surface area contributed by atoms with E-state index in [4.69, 9.17) is 16.3 Å². The molecule has 0 radical (unpaired) electrons. The topological polar surface area (TPSA) is 59.1 Å². The van der Waals surface area contributed by atoms with Crippen molar-refractivity contribution in [2.45, 2.75) is 25.7 Å². The van der Waals surface area contributed by atoms with Crippen LogP contribution in [0.5, 0.6) is 5.88 Å². The molecule has 2 fully saturated rings. The Labute approximate surface area is 211 Å². The van der Waals surface area contributed by atoms with E-state index >= 15 is 0 Å². The van der Waals surface area contributed by atoms with Gasteiger partial charge >= 0.3 is 0 Å². The molecule has 0 bridgehead atoms. The highest BCUT2D eigenvalue weighted by Gasteiger charge is 2.21. The minimum absolute atomic E-state index is 0.477. The van der Waals surface area contributed by atoms with Gasteiger partial charge in [-0.1, -0.05) is 36.4 Å². The van der Waals surface area contributed by atoms with Gasteiger partial charge in [0.15, 0.2) is 5.69 Å². The van der Waals surface area contributed by atoms with E-state index in [9.17, 15) is 0 Å². The Balaban J connectivity index is 1.44. The Morgan fingerprint density at radius 1 is 1.00 bits per heavy atom. The van der Waals surface area contributed by atoms with Crippen LogP contribution in [0.3, 0.4) is 0 Å². The van der Waals surface area contributed by atoms with Crippen LogP contribution in [0.2, 0.25) is 0 Å². The molecule has 36 heavy (non-hydrogen) atoms. The highest BCUT2D eigenvalue weighted by Crippen LogP contribution is 2.36. The summed E-state index contributed by atoms with van der Waals surface area (Å²) < 4.78 is 8.35. The van der Waals surface area contributed by atoms with Crippen molar-refractivity contribution in [2.24, 2.45) is 5.92 Å². The van der Waals surface area contributed by atoms with Gasteiger partial charge in [0.25, 0.3) is 5.88 Å². The van der Waals surface area contributed by atoms with E-state index in [1.807, 2.05) is 30.5 Å². The molecule has 1 N–H and O–H groups in total. The fourth-order valence-electron chi connectivity index (χ4n) is 5.26. The van der Waals surface area contributed by atoms with Crippen molar-refractivity contribution >= 4 is 17.0 Å². The first-order chi connectivity index (χ1) is 17.8. The van der Waals surface area contributed by atoms with Gasteiger partial charge in [-0.25, -0.2) is 14.8 Å². The van der Waals surface area contributed by atoms with Crippen LogP contribution in [0.25, 0.3) is 33.0 Å². The minimum atomic E-state index is 0.477. The van der Waals surface area contributed by atoms with E-state index < -0.39 is 0 Å². The van der Waals surface area contributed by atoms with Crippen molar-refractivity contribution in [3.63, 3.8) is 0 Å². The molecular formula is C29H30N6O. The summed E-state index contributed by atoms with van der Waals surface area (Å²) in [7, 11) is 0. The number of hydrogen-bond acceptors (Lipinski definition) is 5. The summed E-state index contributed by atoms with van der Waals surface area (Å²) in [5, 5.41) is 3.40. The molecule has 2 aliphatic rings. The summed E-state index contributed by atoms with van der Waals surface area (Å²) in [5.41, 5.74) is 6.40. The molecule has 0 amide bonds. The molecule has 0 spiro atoms. The number of fused-ring (bicyclic) bond motifs is 1. The number of benzene rings is 2. The molecular weight excluding hydrogens is 448 g/mol. The van der Waals surface area contributed by atoms with Gasteiger partial charge in [0.2, 0.25) is 5.65 Å². The molecule has 6 rings (SSSR count). The van der Waals surface area contributed by atoms with Gasteiger partial charge in [0.1, 0.15) is 0 Å². The van der Waals surface area contributed by atoms with Gasteiger partial charge in [-0.15, -0.1) is 0 Å². The van der Waals surface area contributed by atoms with Crippen LogP contribution in [-0.4, -0.2) is 47.2 Å². The van der Waals surface area contributed by atoms with Crippen LogP contribution in [0.4, 0.5) is 11.4 Å². The van der Waals surface area contributed by atoms with Gasteiger partial charge in [0, 0.05) is 49.2 Å². The Morgan fingerprint density at radius 3 is 2.50 bits per heavy atom. The highest BCUT2D eigenvalue weighted by molar-refractivity contribution is 5.82. The maximum Gasteiger partial charge on any atom is 0.259 e. The number of aromatic nitrogens is 3. The third-order valence-corrected chi connectivity index (χ3v) is 7.26. The number of nitrogens with zero attached hydrogens (tertiary/aromatic N) is 5. The predicted octanol–water partition coefficient (Wildman–Crippen LogP) is 5.59. The van der Waals surface area contributed by atoms with Crippen molar-refractivity contribution < 1.29 is 4.74 Å². The number of ether oxygens (including phenoxy) is 1. The van der Waals surface area contributed by atoms with Gasteiger partial charge in [-0.05, 0) is 49.9 Å². The molecule has 2 saturated heterocycles. The Bertz CT molecular complexity index is 1370. The zero-order valence-electron chi connectivity index (χ0n) is 20.4. The second-order valence-corrected chi connectivity index (χ2v) is 9.66. The fourth-order valence-corrected chi connectivity index (χ4v) is 5.26. The maximum absolute atomic E-state index is 7.33. The Morgan fingerprint density at radius 2 is 1.78 bits per heavy atom. The van der Waals surface area contributed by atoms with Gasteiger partial charge in [0.05, 0.1) is 24.6 Å². The van der Waals surface area contributed by atoms with Gasteiger partial charge < -0.3 is 15.0 Å². The molecule has 7 heteroatoms. The van der Waals surface area contributed by atoms with Crippen LogP contribution in [-0.2, 0) is 0 Å². The lowest BCUT2D eigenvalue weighted by Gasteiger charge is -2.29. The number of anilines is 1. The quantitative estimate of drug-likeness (QED) is 0.366. The lowest BCUT2D eigenvalue weighted by molar-refractivity contribution is 0.253. The van der Waals surface area contributed by atoms with Crippen molar-refractivity contribution in [1.29, 1.82) is 0 Å². The standard InChI is InChI=1S/C29H30N6O/c1-30-24-9-5-22(6-10-24)26-27(23-7-11-25(12-8-23)34-16-3-2-4-17-34)35-18-15-32-28(35)29(33-26)36-20-21-13-14-31-19-21/h5-12,15,18,21,31H,2-4,13-14,16-17,19-20H2/t21-/m1/s1. The largest absolute Gasteiger partial charge is 0.475 e. The molecule has 4 heterocycles. The van der Waals surface area contributed by atoms with E-state index in [0.717, 1.165) is 60.8 Å². The van der Waals surface area contributed by atoms with Crippen LogP contribution < -0.4 is 15.0 Å². The lowest BCUT2D eigenvalue weighted by atomic mass is 10.0. The zero-order chi connectivity index (χ0) is 24.3. The van der Waals surface area contributed by atoms with Crippen molar-refractivity contribution in [2.75, 3.05) is 37.7 Å². The average molecular weight is 479 g/mol. The summed E-state index contributed by atoms with van der Waals surface area (Å²) in [5.74, 6) is 1.02. The minimum Gasteiger partial charge on any atom is -0.475 e. The fraction of sp³-hybridized carbons (Fsp3) is 0.345. The van der Waals surface area contributed by atoms with Crippen LogP contribution in [0.1, 0.15) is 25.7 Å². The smallest absolute Gasteiger partial charge is 0.259 e. The van der Waals surface area contributed by atoms with Crippen molar-refractivity contribution in [3.8, 4) is 28.4 Å². The van der Waals surface area contributed by atoms with E-state index in [2.05, 4.69) is 48.7 Å². The lowest BCUT2D eigenvalue weighted by Crippen LogP contribution is -2.29. The Hall–Kier alpha value is -3.89. The summed E-state index contributed by atoms with van der Waals surface area (Å²) in [6.45, 7) is 12.2. The number of imidazole rings is 1. The maximum atomic E-state index is 7.33. The van der Waals surface area contributed by atoms with Crippen LogP contribution in [0.15, 0.2) is 60.9 Å². The zero-order valence-corrected chi connectivity index (χ0v) is 20.4. The monoisotopic (exact) mass is 478 g/mol. The normalized spacial score (nSPS) is 17.9. The summed E-state index contributed by atoms with van der Waals surface area (Å²) >= 11 is 0. The number of nitrogens with one attached hydrogen (secondary N) is 1. The average Bonchev–Trinajstić information content (AvgIpc) is 3.65. The van der Waals surface area contributed by atoms with E-state index in [-0.39, 0.29) is 0 Å². The van der Waals surface area contributed by atoms with E-state index in [1.165, 1.54) is 24.9 Å². The molecule has 0 unspecified atom stereocenters. The van der Waals surface area contributed by atoms with E-state index in [1.54, 1.807) is 6.20 Å². The molecule has 182 valence electrons. The first-order valence-electron chi connectivity index (χ1n) is 12.8. The molecule has 2 aromatic carbocycles. The first-order valence-corrected chi connectivity index (χ1v) is 12.8. The van der Waals surface area contributed by atoms with E-state index in [0.29, 0.717) is 24.1 Å². The third-order valence-electron chi connectivity index (χ3n) is 7.26. The highest BCUT2D eigenvalue weighted by atomic mass is 16.5. The summed E-state index contributed by atoms with van der Waals surface area (Å²) in [4.78, 5) is 15.7. The molecule has 7 nitrogen and oxygen atoms in total. The number of hydrogen-bond donors (Lipinski definition) is 1. The molecule has 4 aromatic rings. The van der Waals surface area contributed by atoms with Crippen LogP contribution >= 0.6 is 0 Å². The molecule has 2 aromatic heterocycles. The first kappa shape index (κ1) is 22.6. The molecule has 1 atom stereocenters. The summed E-state index contributed by atoms with van der Waals surface area (Å²) in [6, 6.07) is 16.4. The molecule has 0 aliphatic carbocycles. The van der Waals surface area contributed by atoms with Gasteiger partial charge in [-0.3, -0.25) is 4.40 Å². The van der Waals surface area contributed by atoms with Gasteiger partial charge in [-0.2, -0.15) is 0 Å². The predicted molar refractivity (Wildman–Crippen MR) is 143 cm³/mol. The second-order valence-electron chi connectivity index (χ2n) is 9.66. The summed E-state index contributed by atoms with van der Waals surface area (Å²) in [6.07, 6.45) is 8.72.